The third-order valence-corrected chi connectivity index (χ3v) is 10.7. The SMILES string of the molecule is C=C1/C(=C\C=C2/CCC[C@]3(C)[C@@H]([C@H](C)/C=C/[C@H](O)C4(c5ccc(CCC)[nH]5)CC4)CC[C@@H]23)C[C@@H](O)C[C@@H]1O. The summed E-state index contributed by atoms with van der Waals surface area (Å²) < 4.78 is 0. The van der Waals surface area contributed by atoms with Gasteiger partial charge in [-0.1, -0.05) is 63.6 Å². The van der Waals surface area contributed by atoms with Crippen molar-refractivity contribution in [3.63, 3.8) is 0 Å². The van der Waals surface area contributed by atoms with Crippen LogP contribution in [0, 0.1) is 23.2 Å². The Balaban J connectivity index is 1.27. The highest BCUT2D eigenvalue weighted by atomic mass is 16.3. The Bertz CT molecular complexity index is 1100. The summed E-state index contributed by atoms with van der Waals surface area (Å²) in [5.74, 6) is 1.62. The Labute approximate surface area is 229 Å². The zero-order valence-corrected chi connectivity index (χ0v) is 23.8. The molecule has 4 saturated carbocycles. The fourth-order valence-electron chi connectivity index (χ4n) is 8.21. The van der Waals surface area contributed by atoms with Gasteiger partial charge in [-0.2, -0.15) is 0 Å². The highest BCUT2D eigenvalue weighted by Gasteiger charge is 2.52. The van der Waals surface area contributed by atoms with E-state index in [9.17, 15) is 15.3 Å². The Hall–Kier alpha value is -1.88. The molecule has 4 nitrogen and oxygen atoms in total. The second-order valence-electron chi connectivity index (χ2n) is 13.2. The summed E-state index contributed by atoms with van der Waals surface area (Å²) in [5, 5.41) is 31.6. The monoisotopic (exact) mass is 519 g/mol. The highest BCUT2D eigenvalue weighted by Crippen LogP contribution is 2.60. The summed E-state index contributed by atoms with van der Waals surface area (Å²) in [6.45, 7) is 11.1. The molecule has 1 aromatic rings. The normalized spacial score (nSPS) is 36.6. The molecule has 0 saturated heterocycles. The van der Waals surface area contributed by atoms with E-state index in [0.29, 0.717) is 30.6 Å². The fourth-order valence-corrected chi connectivity index (χ4v) is 8.21. The summed E-state index contributed by atoms with van der Waals surface area (Å²) >= 11 is 0. The second-order valence-corrected chi connectivity index (χ2v) is 13.2. The smallest absolute Gasteiger partial charge is 0.0831 e. The lowest BCUT2D eigenvalue weighted by Gasteiger charge is -2.44. The minimum absolute atomic E-state index is 0.122. The number of rotatable bonds is 8. The van der Waals surface area contributed by atoms with E-state index in [1.165, 1.54) is 42.6 Å². The van der Waals surface area contributed by atoms with Gasteiger partial charge in [0.2, 0.25) is 0 Å². The first-order chi connectivity index (χ1) is 18.2. The topological polar surface area (TPSA) is 76.5 Å². The van der Waals surface area contributed by atoms with Gasteiger partial charge in [-0.3, -0.25) is 0 Å². The average Bonchev–Trinajstić information content (AvgIpc) is 3.42. The van der Waals surface area contributed by atoms with Crippen LogP contribution in [0.4, 0.5) is 0 Å². The molecular weight excluding hydrogens is 470 g/mol. The molecule has 4 aliphatic rings. The molecule has 1 aromatic heterocycles. The van der Waals surface area contributed by atoms with Gasteiger partial charge >= 0.3 is 0 Å². The number of H-pyrrole nitrogens is 1. The maximum atomic E-state index is 11.2. The number of allylic oxidation sites excluding steroid dienone is 4. The largest absolute Gasteiger partial charge is 0.393 e. The number of aliphatic hydroxyl groups excluding tert-OH is 3. The van der Waals surface area contributed by atoms with Crippen LogP contribution in [0.5, 0.6) is 0 Å². The number of hydrogen-bond donors (Lipinski definition) is 4. The van der Waals surface area contributed by atoms with E-state index >= 15 is 0 Å². The van der Waals surface area contributed by atoms with Crippen molar-refractivity contribution in [1.29, 1.82) is 0 Å². The van der Waals surface area contributed by atoms with Crippen LogP contribution in [0.25, 0.3) is 0 Å². The van der Waals surface area contributed by atoms with Gasteiger partial charge in [0, 0.05) is 23.2 Å². The first kappa shape index (κ1) is 27.7. The van der Waals surface area contributed by atoms with E-state index in [0.717, 1.165) is 43.3 Å². The van der Waals surface area contributed by atoms with Crippen LogP contribution in [-0.4, -0.2) is 38.6 Å². The number of hydrogen-bond acceptors (Lipinski definition) is 3. The molecule has 0 unspecified atom stereocenters. The molecule has 4 aliphatic carbocycles. The lowest BCUT2D eigenvalue weighted by Crippen LogP contribution is -2.35. The van der Waals surface area contributed by atoms with Gasteiger partial charge in [0.05, 0.1) is 18.3 Å². The van der Waals surface area contributed by atoms with E-state index in [1.54, 1.807) is 0 Å². The summed E-state index contributed by atoms with van der Waals surface area (Å²) in [4.78, 5) is 3.59. The van der Waals surface area contributed by atoms with Gasteiger partial charge in [-0.05, 0) is 104 Å². The molecule has 4 fully saturated rings. The minimum Gasteiger partial charge on any atom is -0.393 e. The van der Waals surface area contributed by atoms with Crippen molar-refractivity contribution >= 4 is 0 Å². The Morgan fingerprint density at radius 3 is 2.66 bits per heavy atom. The Kier molecular flexibility index (Phi) is 7.97. The molecule has 0 bridgehead atoms. The van der Waals surface area contributed by atoms with Gasteiger partial charge in [0.1, 0.15) is 0 Å². The third-order valence-electron chi connectivity index (χ3n) is 10.7. The van der Waals surface area contributed by atoms with Crippen LogP contribution >= 0.6 is 0 Å². The molecule has 5 rings (SSSR count). The van der Waals surface area contributed by atoms with Gasteiger partial charge < -0.3 is 20.3 Å². The first-order valence-corrected chi connectivity index (χ1v) is 15.2. The number of nitrogens with one attached hydrogen (secondary N) is 1. The van der Waals surface area contributed by atoms with Crippen molar-refractivity contribution in [2.75, 3.05) is 0 Å². The van der Waals surface area contributed by atoms with E-state index in [2.05, 4.69) is 68.8 Å². The van der Waals surface area contributed by atoms with Crippen molar-refractivity contribution in [1.82, 2.24) is 4.98 Å². The number of aromatic amines is 1. The highest BCUT2D eigenvalue weighted by molar-refractivity contribution is 5.39. The maximum absolute atomic E-state index is 11.2. The molecular formula is C34H49NO3. The van der Waals surface area contributed by atoms with Crippen LogP contribution in [0.3, 0.4) is 0 Å². The van der Waals surface area contributed by atoms with Crippen LogP contribution < -0.4 is 0 Å². The molecule has 4 N–H and O–H groups in total. The molecule has 0 aliphatic heterocycles. The number of fused-ring (bicyclic) bond motifs is 1. The number of aryl methyl sites for hydroxylation is 1. The lowest BCUT2D eigenvalue weighted by atomic mass is 9.61. The molecule has 1 heterocycles. The molecule has 38 heavy (non-hydrogen) atoms. The lowest BCUT2D eigenvalue weighted by molar-refractivity contribution is 0.0862. The quantitative estimate of drug-likeness (QED) is 0.289. The van der Waals surface area contributed by atoms with Crippen LogP contribution in [0.1, 0.15) is 96.4 Å². The molecule has 0 spiro atoms. The number of aromatic nitrogens is 1. The maximum Gasteiger partial charge on any atom is 0.0831 e. The summed E-state index contributed by atoms with van der Waals surface area (Å²) in [7, 11) is 0. The van der Waals surface area contributed by atoms with Gasteiger partial charge in [0.15, 0.2) is 0 Å². The third kappa shape index (κ3) is 5.17. The van der Waals surface area contributed by atoms with E-state index in [1.807, 2.05) is 0 Å². The summed E-state index contributed by atoms with van der Waals surface area (Å²) in [6.07, 6.45) is 18.6. The Morgan fingerprint density at radius 1 is 1.13 bits per heavy atom. The van der Waals surface area contributed by atoms with Crippen LogP contribution in [0.15, 0.2) is 59.7 Å². The van der Waals surface area contributed by atoms with Gasteiger partial charge in [0.25, 0.3) is 0 Å². The van der Waals surface area contributed by atoms with Crippen molar-refractivity contribution in [3.8, 4) is 0 Å². The molecule has 0 radical (unpaired) electrons. The number of aliphatic hydroxyl groups is 3. The average molecular weight is 520 g/mol. The Morgan fingerprint density at radius 2 is 1.92 bits per heavy atom. The predicted octanol–water partition coefficient (Wildman–Crippen LogP) is 6.69. The molecule has 0 amide bonds. The van der Waals surface area contributed by atoms with Crippen LogP contribution in [-0.2, 0) is 11.8 Å². The molecule has 208 valence electrons. The van der Waals surface area contributed by atoms with Crippen molar-refractivity contribution in [2.24, 2.45) is 23.2 Å². The zero-order chi connectivity index (χ0) is 27.1. The van der Waals surface area contributed by atoms with Gasteiger partial charge in [-0.25, -0.2) is 0 Å². The fraction of sp³-hybridized carbons (Fsp3) is 0.647. The van der Waals surface area contributed by atoms with E-state index in [4.69, 9.17) is 0 Å². The summed E-state index contributed by atoms with van der Waals surface area (Å²) in [5.41, 5.74) is 5.92. The summed E-state index contributed by atoms with van der Waals surface area (Å²) in [6, 6.07) is 4.38. The minimum atomic E-state index is -0.635. The van der Waals surface area contributed by atoms with Crippen molar-refractivity contribution in [3.05, 3.63) is 71.1 Å². The van der Waals surface area contributed by atoms with E-state index < -0.39 is 18.3 Å². The van der Waals surface area contributed by atoms with Crippen molar-refractivity contribution < 1.29 is 15.3 Å². The van der Waals surface area contributed by atoms with Gasteiger partial charge in [-0.15, -0.1) is 0 Å². The molecule has 0 aromatic carbocycles. The molecule has 7 atom stereocenters. The standard InChI is InChI=1S/C34H49NO3/c1-5-7-26-12-15-31(35-26)34(18-19-34)32(38)16-9-22(2)28-13-14-29-24(8-6-17-33(28,29)4)10-11-25-20-27(36)21-30(37)23(25)3/h9-12,15-16,22,27-30,32,35-38H,3,5-8,13-14,17-21H2,1-2,4H3/b16-9+,24-10+,25-11-/t22-,27-,28-,29+,30+,32+,33-/m1/s1. The zero-order valence-electron chi connectivity index (χ0n) is 23.8. The van der Waals surface area contributed by atoms with E-state index in [-0.39, 0.29) is 10.8 Å². The molecule has 4 heteroatoms. The van der Waals surface area contributed by atoms with Crippen molar-refractivity contribution in [2.45, 2.75) is 115 Å². The first-order valence-electron chi connectivity index (χ1n) is 15.2. The predicted molar refractivity (Wildman–Crippen MR) is 155 cm³/mol. The van der Waals surface area contributed by atoms with Crippen LogP contribution in [0.2, 0.25) is 0 Å². The second kappa shape index (κ2) is 10.9.